The van der Waals surface area contributed by atoms with Crippen molar-refractivity contribution in [2.45, 2.75) is 39.0 Å². The van der Waals surface area contributed by atoms with E-state index < -0.39 is 6.10 Å². The standard InChI is InChI=1S/C24H36N4O4/c1-18-21(15-27(3)25-18)14-26(2)13-19-6-5-7-23(12-19)32-17-22(29)16-28-10-8-20(9-11-28)24(30)31-4/h5-7,12,15,20,22,29H,8-11,13-14,16-17H2,1-4H3/t22-/m0/s1. The quantitative estimate of drug-likeness (QED) is 0.562. The molecule has 1 aliphatic rings. The molecule has 2 aromatic rings. The first-order valence-electron chi connectivity index (χ1n) is 11.2. The van der Waals surface area contributed by atoms with E-state index in [1.807, 2.05) is 36.9 Å². The van der Waals surface area contributed by atoms with Gasteiger partial charge in [0, 0.05) is 38.4 Å². The number of aliphatic hydroxyl groups is 1. The second kappa shape index (κ2) is 11.4. The predicted molar refractivity (Wildman–Crippen MR) is 122 cm³/mol. The number of hydrogen-bond acceptors (Lipinski definition) is 7. The number of benzene rings is 1. The van der Waals surface area contributed by atoms with E-state index in [9.17, 15) is 9.90 Å². The molecule has 1 saturated heterocycles. The average molecular weight is 445 g/mol. The summed E-state index contributed by atoms with van der Waals surface area (Å²) in [5.74, 6) is 0.610. The highest BCUT2D eigenvalue weighted by Gasteiger charge is 2.26. The molecular formula is C24H36N4O4. The molecular weight excluding hydrogens is 408 g/mol. The van der Waals surface area contributed by atoms with Crippen molar-refractivity contribution in [3.05, 3.63) is 47.3 Å². The van der Waals surface area contributed by atoms with Crippen LogP contribution in [0, 0.1) is 12.8 Å². The second-order valence-electron chi connectivity index (χ2n) is 8.80. The van der Waals surface area contributed by atoms with Crippen LogP contribution in [-0.2, 0) is 29.7 Å². The maximum atomic E-state index is 11.6. The largest absolute Gasteiger partial charge is 0.491 e. The van der Waals surface area contributed by atoms with Gasteiger partial charge in [0.2, 0.25) is 0 Å². The molecule has 0 bridgehead atoms. The molecule has 1 aromatic heterocycles. The Hall–Kier alpha value is -2.42. The molecule has 8 heteroatoms. The maximum Gasteiger partial charge on any atom is 0.308 e. The molecule has 1 fully saturated rings. The fraction of sp³-hybridized carbons (Fsp3) is 0.583. The van der Waals surface area contributed by atoms with E-state index in [1.54, 1.807) is 0 Å². The SMILES string of the molecule is COC(=O)C1CCN(C[C@H](O)COc2cccc(CN(C)Cc3cn(C)nc3C)c2)CC1. The minimum Gasteiger partial charge on any atom is -0.491 e. The zero-order valence-corrected chi connectivity index (χ0v) is 19.7. The van der Waals surface area contributed by atoms with Gasteiger partial charge >= 0.3 is 5.97 Å². The van der Waals surface area contributed by atoms with Crippen LogP contribution in [0.1, 0.15) is 29.7 Å². The van der Waals surface area contributed by atoms with Crippen LogP contribution in [0.25, 0.3) is 0 Å². The Bertz CT molecular complexity index is 877. The summed E-state index contributed by atoms with van der Waals surface area (Å²) in [7, 11) is 5.47. The number of carbonyl (C=O) groups is 1. The number of methoxy groups -OCH3 is 1. The first kappa shape index (κ1) is 24.2. The van der Waals surface area contributed by atoms with Crippen LogP contribution in [0.5, 0.6) is 5.75 Å². The van der Waals surface area contributed by atoms with Gasteiger partial charge in [-0.2, -0.15) is 5.10 Å². The van der Waals surface area contributed by atoms with Crippen molar-refractivity contribution < 1.29 is 19.4 Å². The van der Waals surface area contributed by atoms with Crippen LogP contribution in [0.2, 0.25) is 0 Å². The number of aliphatic hydroxyl groups excluding tert-OH is 1. The lowest BCUT2D eigenvalue weighted by molar-refractivity contribution is -0.147. The van der Waals surface area contributed by atoms with Crippen LogP contribution in [0.3, 0.4) is 0 Å². The van der Waals surface area contributed by atoms with E-state index in [-0.39, 0.29) is 18.5 Å². The second-order valence-corrected chi connectivity index (χ2v) is 8.80. The van der Waals surface area contributed by atoms with Gasteiger partial charge in [0.1, 0.15) is 18.5 Å². The third-order valence-electron chi connectivity index (χ3n) is 5.94. The number of carbonyl (C=O) groups excluding carboxylic acids is 1. The van der Waals surface area contributed by atoms with Crippen molar-refractivity contribution in [2.75, 3.05) is 40.4 Å². The van der Waals surface area contributed by atoms with Crippen LogP contribution in [-0.4, -0.2) is 77.2 Å². The summed E-state index contributed by atoms with van der Waals surface area (Å²) in [6.07, 6.45) is 3.03. The number of esters is 1. The topological polar surface area (TPSA) is 80.1 Å². The van der Waals surface area contributed by atoms with Gasteiger partial charge in [-0.25, -0.2) is 0 Å². The lowest BCUT2D eigenvalue weighted by Crippen LogP contribution is -2.42. The van der Waals surface area contributed by atoms with Crippen LogP contribution >= 0.6 is 0 Å². The molecule has 1 aromatic carbocycles. The van der Waals surface area contributed by atoms with E-state index in [0.29, 0.717) is 6.54 Å². The summed E-state index contributed by atoms with van der Waals surface area (Å²) in [5.41, 5.74) is 3.44. The van der Waals surface area contributed by atoms with Crippen molar-refractivity contribution in [3.8, 4) is 5.75 Å². The normalized spacial score (nSPS) is 16.3. The molecule has 0 amide bonds. The number of hydrogen-bond donors (Lipinski definition) is 1. The molecule has 0 spiro atoms. The van der Waals surface area contributed by atoms with E-state index in [2.05, 4.69) is 34.2 Å². The molecule has 8 nitrogen and oxygen atoms in total. The molecule has 1 N–H and O–H groups in total. The molecule has 1 atom stereocenters. The Labute approximate surface area is 190 Å². The monoisotopic (exact) mass is 444 g/mol. The highest BCUT2D eigenvalue weighted by Crippen LogP contribution is 2.19. The van der Waals surface area contributed by atoms with Crippen molar-refractivity contribution in [2.24, 2.45) is 13.0 Å². The Kier molecular flexibility index (Phi) is 8.67. The summed E-state index contributed by atoms with van der Waals surface area (Å²) in [6, 6.07) is 8.02. The molecule has 1 aliphatic heterocycles. The minimum atomic E-state index is -0.579. The zero-order chi connectivity index (χ0) is 23.1. The maximum absolute atomic E-state index is 11.6. The molecule has 0 aliphatic carbocycles. The Morgan fingerprint density at radius 3 is 2.72 bits per heavy atom. The number of ether oxygens (including phenoxy) is 2. The first-order valence-corrected chi connectivity index (χ1v) is 11.2. The van der Waals surface area contributed by atoms with E-state index in [1.165, 1.54) is 12.7 Å². The van der Waals surface area contributed by atoms with E-state index >= 15 is 0 Å². The number of piperidine rings is 1. The summed E-state index contributed by atoms with van der Waals surface area (Å²) >= 11 is 0. The van der Waals surface area contributed by atoms with Crippen LogP contribution in [0.4, 0.5) is 0 Å². The predicted octanol–water partition coefficient (Wildman–Crippen LogP) is 1.99. The number of aryl methyl sites for hydroxylation is 2. The Morgan fingerprint density at radius 1 is 1.31 bits per heavy atom. The highest BCUT2D eigenvalue weighted by atomic mass is 16.5. The van der Waals surface area contributed by atoms with Crippen molar-refractivity contribution in [3.63, 3.8) is 0 Å². The third-order valence-corrected chi connectivity index (χ3v) is 5.94. The molecule has 176 valence electrons. The first-order chi connectivity index (χ1) is 15.3. The van der Waals surface area contributed by atoms with Gasteiger partial charge in [-0.05, 0) is 57.6 Å². The van der Waals surface area contributed by atoms with E-state index in [0.717, 1.165) is 56.0 Å². The van der Waals surface area contributed by atoms with Crippen molar-refractivity contribution in [1.29, 1.82) is 0 Å². The van der Waals surface area contributed by atoms with Gasteiger partial charge in [0.05, 0.1) is 18.7 Å². The molecule has 32 heavy (non-hydrogen) atoms. The molecule has 2 heterocycles. The van der Waals surface area contributed by atoms with Gasteiger partial charge in [-0.1, -0.05) is 12.1 Å². The zero-order valence-electron chi connectivity index (χ0n) is 19.7. The summed E-state index contributed by atoms with van der Waals surface area (Å²) < 4.78 is 12.5. The van der Waals surface area contributed by atoms with E-state index in [4.69, 9.17) is 9.47 Å². The lowest BCUT2D eigenvalue weighted by Gasteiger charge is -2.31. The molecule has 0 saturated carbocycles. The van der Waals surface area contributed by atoms with Crippen molar-refractivity contribution >= 4 is 5.97 Å². The number of nitrogens with zero attached hydrogens (tertiary/aromatic N) is 4. The fourth-order valence-corrected chi connectivity index (χ4v) is 4.26. The summed E-state index contributed by atoms with van der Waals surface area (Å²) in [5, 5.41) is 14.8. The van der Waals surface area contributed by atoms with Gasteiger partial charge in [-0.3, -0.25) is 14.4 Å². The molecule has 0 unspecified atom stereocenters. The lowest BCUT2D eigenvalue weighted by atomic mass is 9.97. The van der Waals surface area contributed by atoms with Crippen LogP contribution in [0.15, 0.2) is 30.5 Å². The highest BCUT2D eigenvalue weighted by molar-refractivity contribution is 5.72. The van der Waals surface area contributed by atoms with Gasteiger partial charge < -0.3 is 19.5 Å². The Morgan fingerprint density at radius 2 is 2.06 bits per heavy atom. The number of rotatable bonds is 10. The molecule has 0 radical (unpaired) electrons. The third kappa shape index (κ3) is 7.05. The van der Waals surface area contributed by atoms with Gasteiger partial charge in [0.25, 0.3) is 0 Å². The summed E-state index contributed by atoms with van der Waals surface area (Å²) in [6.45, 7) is 6.01. The number of β-amino-alcohol motifs (C(OH)–C–C–N with tert-alkyl or cyclic N) is 1. The van der Waals surface area contributed by atoms with Gasteiger partial charge in [-0.15, -0.1) is 0 Å². The van der Waals surface area contributed by atoms with Gasteiger partial charge in [0.15, 0.2) is 0 Å². The van der Waals surface area contributed by atoms with Crippen LogP contribution < -0.4 is 4.74 Å². The summed E-state index contributed by atoms with van der Waals surface area (Å²) in [4.78, 5) is 16.1. The number of aromatic nitrogens is 2. The number of likely N-dealkylation sites (tertiary alicyclic amines) is 1. The van der Waals surface area contributed by atoms with Crippen molar-refractivity contribution in [1.82, 2.24) is 19.6 Å². The average Bonchev–Trinajstić information content (AvgIpc) is 3.08. The Balaban J connectivity index is 1.42. The fourth-order valence-electron chi connectivity index (χ4n) is 4.26. The smallest absolute Gasteiger partial charge is 0.308 e. The minimum absolute atomic E-state index is 0.0208. The molecule has 3 rings (SSSR count).